The molecular formula is C25H42F6N2O9. The summed E-state index contributed by atoms with van der Waals surface area (Å²) in [5.74, 6) is -3.08. The Morgan fingerprint density at radius 3 is 1.57 bits per heavy atom. The van der Waals surface area contributed by atoms with Crippen molar-refractivity contribution in [1.29, 1.82) is 0 Å². The minimum absolute atomic E-state index is 0.00829. The molecule has 11 nitrogen and oxygen atoms in total. The monoisotopic (exact) mass is 629 g/mol. The molecule has 0 aliphatic heterocycles. The van der Waals surface area contributed by atoms with Gasteiger partial charge in [-0.15, -0.1) is 0 Å². The summed E-state index contributed by atoms with van der Waals surface area (Å²) in [6.07, 6.45) is -6.38. The Hall–Kier alpha value is -3.11. The molecule has 2 aliphatic rings. The first-order valence-electron chi connectivity index (χ1n) is 13.2. The highest BCUT2D eigenvalue weighted by Gasteiger charge is 2.38. The van der Waals surface area contributed by atoms with Crippen molar-refractivity contribution in [2.24, 2.45) is 17.6 Å². The SMILES string of the molecule is COC(=O)C1CC[C@@H](N)C1.COC(=O)C1CC[C@@H](NC(=O)OC(C)(C)C)C1.O=C(O)C(F)(F)F.O=CC(F)(F)F.[2H]CC. The molecule has 0 aromatic heterocycles. The fourth-order valence-corrected chi connectivity index (χ4v) is 3.36. The van der Waals surface area contributed by atoms with Gasteiger partial charge >= 0.3 is 36.4 Å². The van der Waals surface area contributed by atoms with Gasteiger partial charge in [0.15, 0.2) is 0 Å². The summed E-state index contributed by atoms with van der Waals surface area (Å²) in [5.41, 5.74) is 5.11. The van der Waals surface area contributed by atoms with Crippen molar-refractivity contribution in [3.05, 3.63) is 0 Å². The number of aldehydes is 1. The summed E-state index contributed by atoms with van der Waals surface area (Å²) in [6.45, 7) is 7.75. The number of alkyl carbamates (subject to hydrolysis) is 1. The Kier molecular flexibility index (Phi) is 20.2. The van der Waals surface area contributed by atoms with Crippen LogP contribution in [0.15, 0.2) is 0 Å². The smallest absolute Gasteiger partial charge is 0.475 e. The van der Waals surface area contributed by atoms with E-state index in [1.165, 1.54) is 14.2 Å². The zero-order valence-electron chi connectivity index (χ0n) is 25.4. The molecule has 2 unspecified atom stereocenters. The number of ether oxygens (including phenoxy) is 3. The lowest BCUT2D eigenvalue weighted by Crippen LogP contribution is -2.38. The lowest BCUT2D eigenvalue weighted by Gasteiger charge is -2.21. The fourth-order valence-electron chi connectivity index (χ4n) is 3.36. The summed E-state index contributed by atoms with van der Waals surface area (Å²) >= 11 is 0. The van der Waals surface area contributed by atoms with Crippen LogP contribution in [0.4, 0.5) is 31.1 Å². The van der Waals surface area contributed by atoms with E-state index in [4.69, 9.17) is 26.5 Å². The number of rotatable bonds is 3. The number of hydrogen-bond acceptors (Lipinski definition) is 9. The van der Waals surface area contributed by atoms with Crippen LogP contribution in [0.3, 0.4) is 0 Å². The van der Waals surface area contributed by atoms with Gasteiger partial charge in [0, 0.05) is 13.5 Å². The van der Waals surface area contributed by atoms with Crippen molar-refractivity contribution < 1.29 is 71.0 Å². The van der Waals surface area contributed by atoms with Crippen LogP contribution in [-0.4, -0.2) is 79.7 Å². The average molecular weight is 630 g/mol. The third-order valence-electron chi connectivity index (χ3n) is 5.07. The van der Waals surface area contributed by atoms with Crippen molar-refractivity contribution in [2.75, 3.05) is 14.2 Å². The van der Waals surface area contributed by atoms with Gasteiger partial charge in [0.1, 0.15) is 5.60 Å². The number of halogens is 6. The maximum Gasteiger partial charge on any atom is 0.490 e. The largest absolute Gasteiger partial charge is 0.490 e. The number of nitrogens with one attached hydrogen (secondary N) is 1. The number of carbonyl (C=O) groups is 5. The van der Waals surface area contributed by atoms with E-state index >= 15 is 0 Å². The Bertz CT molecular complexity index is 853. The maximum atomic E-state index is 11.5. The predicted octanol–water partition coefficient (Wildman–Crippen LogP) is 4.55. The number of hydrogen-bond donors (Lipinski definition) is 3. The van der Waals surface area contributed by atoms with Crippen LogP contribution >= 0.6 is 0 Å². The molecule has 0 radical (unpaired) electrons. The molecule has 0 aromatic carbocycles. The van der Waals surface area contributed by atoms with Gasteiger partial charge in [-0.25, -0.2) is 9.59 Å². The van der Waals surface area contributed by atoms with E-state index in [0.717, 1.165) is 32.1 Å². The van der Waals surface area contributed by atoms with Crippen LogP contribution in [0.25, 0.3) is 0 Å². The summed E-state index contributed by atoms with van der Waals surface area (Å²) < 4.78 is 83.6. The van der Waals surface area contributed by atoms with Crippen LogP contribution in [0.2, 0.25) is 0 Å². The summed E-state index contributed by atoms with van der Waals surface area (Å²) in [6, 6.07) is 0.220. The van der Waals surface area contributed by atoms with E-state index in [0.29, 0.717) is 13.3 Å². The molecule has 2 rings (SSSR count). The minimum Gasteiger partial charge on any atom is -0.475 e. The van der Waals surface area contributed by atoms with E-state index in [-0.39, 0.29) is 35.9 Å². The van der Waals surface area contributed by atoms with Crippen LogP contribution in [0, 0.1) is 11.8 Å². The molecule has 248 valence electrons. The summed E-state index contributed by atoms with van der Waals surface area (Å²) in [7, 11) is 2.81. The van der Waals surface area contributed by atoms with Gasteiger partial charge in [-0.3, -0.25) is 14.4 Å². The van der Waals surface area contributed by atoms with E-state index in [1.54, 1.807) is 6.92 Å². The molecule has 0 bridgehead atoms. The number of aliphatic carboxylic acids is 1. The van der Waals surface area contributed by atoms with Gasteiger partial charge < -0.3 is 30.4 Å². The highest BCUT2D eigenvalue weighted by atomic mass is 19.4. The second-order valence-electron chi connectivity index (χ2n) is 9.63. The van der Waals surface area contributed by atoms with E-state index in [2.05, 4.69) is 14.8 Å². The first-order valence-corrected chi connectivity index (χ1v) is 12.5. The number of esters is 2. The Morgan fingerprint density at radius 1 is 0.905 bits per heavy atom. The minimum atomic E-state index is -5.08. The van der Waals surface area contributed by atoms with Gasteiger partial charge in [0.05, 0.1) is 26.1 Å². The molecule has 17 heteroatoms. The first-order chi connectivity index (χ1) is 19.5. The standard InChI is InChI=1S/C12H21NO4.C7H13NO2.C2HF3O2.C2HF3O.C2H6/c1-12(2,3)17-11(15)13-9-6-5-8(7-9)10(14)16-4;1-10-7(9)5-2-3-6(8)4-5;3-2(4,5)1(6)7;3-2(4,5)1-6;1-2/h8-9H,5-7H2,1-4H3,(H,13,15);5-6H,2-4,8H2,1H3;(H,6,7);1H;1-2H3/t8?,9-;5?,6-;;;/m11.../s1/i;;;;1D. The molecule has 2 fully saturated rings. The van der Waals surface area contributed by atoms with Gasteiger partial charge in [0.2, 0.25) is 6.29 Å². The van der Waals surface area contributed by atoms with E-state index in [9.17, 15) is 40.7 Å². The zero-order valence-corrected chi connectivity index (χ0v) is 24.4. The quantitative estimate of drug-likeness (QED) is 0.174. The van der Waals surface area contributed by atoms with E-state index < -0.39 is 36.3 Å². The molecule has 2 saturated carbocycles. The van der Waals surface area contributed by atoms with Crippen LogP contribution < -0.4 is 11.1 Å². The number of carboxylic acid groups (broad SMARTS) is 1. The van der Waals surface area contributed by atoms with Crippen LogP contribution in [0.1, 0.15) is 74.5 Å². The number of amides is 1. The van der Waals surface area contributed by atoms with E-state index in [1.807, 2.05) is 20.8 Å². The molecule has 0 saturated heterocycles. The van der Waals surface area contributed by atoms with Crippen molar-refractivity contribution >= 4 is 30.3 Å². The van der Waals surface area contributed by atoms with Crippen molar-refractivity contribution in [3.8, 4) is 0 Å². The van der Waals surface area contributed by atoms with Crippen LogP contribution in [0.5, 0.6) is 0 Å². The lowest BCUT2D eigenvalue weighted by atomic mass is 10.1. The highest BCUT2D eigenvalue weighted by molar-refractivity contribution is 5.74. The molecular weight excluding hydrogens is 586 g/mol. The van der Waals surface area contributed by atoms with Gasteiger partial charge in [-0.2, -0.15) is 26.3 Å². The van der Waals surface area contributed by atoms with Gasteiger partial charge in [-0.1, -0.05) is 13.8 Å². The number of carboxylic acids is 1. The number of alkyl halides is 6. The molecule has 0 aromatic rings. The molecule has 4 atom stereocenters. The molecule has 4 N–H and O–H groups in total. The molecule has 0 heterocycles. The first kappa shape index (κ1) is 41.0. The Balaban J connectivity index is -0.000000523. The van der Waals surface area contributed by atoms with Crippen molar-refractivity contribution in [3.63, 3.8) is 0 Å². The Morgan fingerprint density at radius 2 is 1.29 bits per heavy atom. The molecule has 0 spiro atoms. The average Bonchev–Trinajstić information content (AvgIpc) is 3.51. The van der Waals surface area contributed by atoms with Gasteiger partial charge in [0.25, 0.3) is 0 Å². The van der Waals surface area contributed by atoms with Crippen molar-refractivity contribution in [2.45, 2.75) is 103 Å². The predicted molar refractivity (Wildman–Crippen MR) is 137 cm³/mol. The third-order valence-corrected chi connectivity index (χ3v) is 5.07. The normalized spacial score (nSPS) is 21.4. The maximum absolute atomic E-state index is 11.5. The fraction of sp³-hybridized carbons (Fsp3) is 0.800. The Labute approximate surface area is 242 Å². The van der Waals surface area contributed by atoms with Crippen LogP contribution in [-0.2, 0) is 33.4 Å². The molecule has 1 amide bonds. The summed E-state index contributed by atoms with van der Waals surface area (Å²) in [5, 5.41) is 9.90. The number of methoxy groups -OCH3 is 2. The second kappa shape index (κ2) is 20.7. The zero-order chi connectivity index (χ0) is 34.6. The van der Waals surface area contributed by atoms with Crippen molar-refractivity contribution in [1.82, 2.24) is 5.32 Å². The number of nitrogens with two attached hydrogens (primary N) is 1. The highest BCUT2D eigenvalue weighted by Crippen LogP contribution is 2.27. The molecule has 42 heavy (non-hydrogen) atoms. The molecule has 2 aliphatic carbocycles. The summed E-state index contributed by atoms with van der Waals surface area (Å²) in [4.78, 5) is 51.3. The lowest BCUT2D eigenvalue weighted by molar-refractivity contribution is -0.192. The topological polar surface area (TPSA) is 171 Å². The third kappa shape index (κ3) is 23.6. The second-order valence-corrected chi connectivity index (χ2v) is 9.63. The number of carbonyl (C=O) groups excluding carboxylic acids is 4. The van der Waals surface area contributed by atoms with Gasteiger partial charge in [-0.05, 0) is 59.3 Å².